The van der Waals surface area contributed by atoms with Crippen molar-refractivity contribution in [2.75, 3.05) is 13.1 Å². The quantitative estimate of drug-likeness (QED) is 0.913. The second-order valence-corrected chi connectivity index (χ2v) is 5.56. The Hall–Kier alpha value is -1.42. The molecule has 1 aromatic carbocycles. The summed E-state index contributed by atoms with van der Waals surface area (Å²) in [5.41, 5.74) is 1.54. The third-order valence-corrected chi connectivity index (χ3v) is 4.18. The van der Waals surface area contributed by atoms with Crippen LogP contribution in [0.2, 0.25) is 0 Å². The summed E-state index contributed by atoms with van der Waals surface area (Å²) in [4.78, 5) is 13.2. The third kappa shape index (κ3) is 2.78. The Labute approximate surface area is 113 Å². The van der Waals surface area contributed by atoms with Crippen molar-refractivity contribution in [1.82, 2.24) is 4.90 Å². The van der Waals surface area contributed by atoms with E-state index >= 15 is 0 Å². The normalized spacial score (nSPS) is 25.5. The van der Waals surface area contributed by atoms with Crippen LogP contribution in [0.3, 0.4) is 0 Å². The van der Waals surface area contributed by atoms with Gasteiger partial charge in [-0.15, -0.1) is 0 Å². The lowest BCUT2D eigenvalue weighted by molar-refractivity contribution is -0.142. The Kier molecular flexibility index (Phi) is 3.90. The first-order valence-electron chi connectivity index (χ1n) is 6.63. The Morgan fingerprint density at radius 1 is 1.47 bits per heavy atom. The molecule has 1 aliphatic heterocycles. The van der Waals surface area contributed by atoms with Crippen LogP contribution in [0.4, 0.5) is 4.39 Å². The summed E-state index contributed by atoms with van der Waals surface area (Å²) in [6.07, 6.45) is 0. The van der Waals surface area contributed by atoms with Crippen molar-refractivity contribution in [3.8, 4) is 0 Å². The molecule has 4 heteroatoms. The molecule has 19 heavy (non-hydrogen) atoms. The van der Waals surface area contributed by atoms with Gasteiger partial charge < -0.3 is 5.11 Å². The second-order valence-electron chi connectivity index (χ2n) is 5.56. The van der Waals surface area contributed by atoms with Gasteiger partial charge in [0.25, 0.3) is 0 Å². The molecule has 0 saturated carbocycles. The van der Waals surface area contributed by atoms with Crippen molar-refractivity contribution in [2.24, 2.45) is 11.8 Å². The first kappa shape index (κ1) is 14.0. The van der Waals surface area contributed by atoms with Crippen LogP contribution in [0.5, 0.6) is 0 Å². The molecule has 0 radical (unpaired) electrons. The average Bonchev–Trinajstić information content (AvgIpc) is 2.74. The van der Waals surface area contributed by atoms with Crippen LogP contribution in [0.25, 0.3) is 0 Å². The molecule has 0 bridgehead atoms. The zero-order valence-corrected chi connectivity index (χ0v) is 11.6. The lowest BCUT2D eigenvalue weighted by Crippen LogP contribution is -2.26. The molecule has 1 saturated heterocycles. The summed E-state index contributed by atoms with van der Waals surface area (Å²) in [6.45, 7) is 6.98. The minimum absolute atomic E-state index is 0.0434. The van der Waals surface area contributed by atoms with Gasteiger partial charge in [0.2, 0.25) is 0 Å². The number of benzene rings is 1. The number of carboxylic acids is 1. The molecule has 3 unspecified atom stereocenters. The van der Waals surface area contributed by atoms with E-state index in [1.54, 1.807) is 19.1 Å². The van der Waals surface area contributed by atoms with Gasteiger partial charge in [-0.05, 0) is 37.0 Å². The number of hydrogen-bond acceptors (Lipinski definition) is 2. The Morgan fingerprint density at radius 2 is 2.16 bits per heavy atom. The van der Waals surface area contributed by atoms with Crippen molar-refractivity contribution in [2.45, 2.75) is 26.8 Å². The van der Waals surface area contributed by atoms with Crippen molar-refractivity contribution >= 4 is 5.97 Å². The number of carboxylic acid groups (broad SMARTS) is 1. The summed E-state index contributed by atoms with van der Waals surface area (Å²) in [7, 11) is 0. The molecule has 0 aliphatic carbocycles. The Morgan fingerprint density at radius 3 is 2.68 bits per heavy atom. The standard InChI is InChI=1S/C15H20FNO2/c1-9-4-5-12(6-14(9)16)11(3)17-7-10(2)13(8-17)15(18)19/h4-6,10-11,13H,7-8H2,1-3H3,(H,18,19). The topological polar surface area (TPSA) is 40.5 Å². The largest absolute Gasteiger partial charge is 0.481 e. The van der Waals surface area contributed by atoms with Gasteiger partial charge in [0.1, 0.15) is 5.82 Å². The molecular weight excluding hydrogens is 245 g/mol. The smallest absolute Gasteiger partial charge is 0.308 e. The van der Waals surface area contributed by atoms with Crippen LogP contribution in [-0.2, 0) is 4.79 Å². The SMILES string of the molecule is Cc1ccc(C(C)N2CC(C)C(C(=O)O)C2)cc1F. The van der Waals surface area contributed by atoms with E-state index in [0.29, 0.717) is 12.1 Å². The number of likely N-dealkylation sites (tertiary alicyclic amines) is 1. The molecule has 2 rings (SSSR count). The summed E-state index contributed by atoms with van der Waals surface area (Å²) >= 11 is 0. The van der Waals surface area contributed by atoms with E-state index in [9.17, 15) is 9.18 Å². The highest BCUT2D eigenvalue weighted by atomic mass is 19.1. The number of hydrogen-bond donors (Lipinski definition) is 1. The predicted octanol–water partition coefficient (Wildman–Crippen LogP) is 2.85. The number of carbonyl (C=O) groups is 1. The van der Waals surface area contributed by atoms with Crippen molar-refractivity contribution in [1.29, 1.82) is 0 Å². The maximum absolute atomic E-state index is 13.6. The van der Waals surface area contributed by atoms with E-state index in [2.05, 4.69) is 4.90 Å². The molecular formula is C15H20FNO2. The van der Waals surface area contributed by atoms with E-state index in [4.69, 9.17) is 5.11 Å². The highest BCUT2D eigenvalue weighted by Gasteiger charge is 2.36. The highest BCUT2D eigenvalue weighted by Crippen LogP contribution is 2.31. The van der Waals surface area contributed by atoms with Gasteiger partial charge in [0, 0.05) is 19.1 Å². The molecule has 1 heterocycles. The van der Waals surface area contributed by atoms with Crippen LogP contribution in [-0.4, -0.2) is 29.1 Å². The van der Waals surface area contributed by atoms with E-state index in [0.717, 1.165) is 12.1 Å². The van der Waals surface area contributed by atoms with E-state index in [1.165, 1.54) is 0 Å². The molecule has 1 fully saturated rings. The lowest BCUT2D eigenvalue weighted by atomic mass is 9.99. The average molecular weight is 265 g/mol. The third-order valence-electron chi connectivity index (χ3n) is 4.18. The van der Waals surface area contributed by atoms with Gasteiger partial charge in [-0.25, -0.2) is 4.39 Å². The van der Waals surface area contributed by atoms with Gasteiger partial charge in [-0.3, -0.25) is 9.69 Å². The van der Waals surface area contributed by atoms with Crippen LogP contribution >= 0.6 is 0 Å². The van der Waals surface area contributed by atoms with Crippen LogP contribution in [0, 0.1) is 24.6 Å². The van der Waals surface area contributed by atoms with Crippen molar-refractivity contribution < 1.29 is 14.3 Å². The first-order valence-corrected chi connectivity index (χ1v) is 6.63. The molecule has 0 aromatic heterocycles. The second kappa shape index (κ2) is 5.29. The van der Waals surface area contributed by atoms with Gasteiger partial charge in [-0.1, -0.05) is 19.1 Å². The van der Waals surface area contributed by atoms with E-state index < -0.39 is 5.97 Å². The van der Waals surface area contributed by atoms with Crippen LogP contribution in [0.1, 0.15) is 31.0 Å². The minimum atomic E-state index is -0.739. The fourth-order valence-electron chi connectivity index (χ4n) is 2.72. The molecule has 1 aromatic rings. The van der Waals surface area contributed by atoms with E-state index in [1.807, 2.05) is 19.9 Å². The monoisotopic (exact) mass is 265 g/mol. The van der Waals surface area contributed by atoms with Crippen molar-refractivity contribution in [3.05, 3.63) is 35.1 Å². The molecule has 0 spiro atoms. The zero-order chi connectivity index (χ0) is 14.2. The summed E-state index contributed by atoms with van der Waals surface area (Å²) < 4.78 is 13.6. The Bertz CT molecular complexity index is 489. The molecule has 1 N–H and O–H groups in total. The maximum atomic E-state index is 13.6. The number of aryl methyl sites for hydroxylation is 1. The number of nitrogens with zero attached hydrogens (tertiary/aromatic N) is 1. The van der Waals surface area contributed by atoms with Gasteiger partial charge in [0.05, 0.1) is 5.92 Å². The highest BCUT2D eigenvalue weighted by molar-refractivity contribution is 5.71. The molecule has 0 amide bonds. The lowest BCUT2D eigenvalue weighted by Gasteiger charge is -2.24. The molecule has 3 nitrogen and oxygen atoms in total. The fraction of sp³-hybridized carbons (Fsp3) is 0.533. The fourth-order valence-corrected chi connectivity index (χ4v) is 2.72. The maximum Gasteiger partial charge on any atom is 0.308 e. The summed E-state index contributed by atoms with van der Waals surface area (Å²) in [5, 5.41) is 9.15. The van der Waals surface area contributed by atoms with Crippen LogP contribution in [0.15, 0.2) is 18.2 Å². The first-order chi connectivity index (χ1) is 8.90. The number of rotatable bonds is 3. The van der Waals surface area contributed by atoms with Crippen LogP contribution < -0.4 is 0 Å². The van der Waals surface area contributed by atoms with E-state index in [-0.39, 0.29) is 23.7 Å². The minimum Gasteiger partial charge on any atom is -0.481 e. The zero-order valence-electron chi connectivity index (χ0n) is 11.6. The molecule has 104 valence electrons. The Balaban J connectivity index is 2.14. The number of halogens is 1. The summed E-state index contributed by atoms with van der Waals surface area (Å²) in [6, 6.07) is 5.29. The summed E-state index contributed by atoms with van der Waals surface area (Å²) in [5.74, 6) is -1.13. The van der Waals surface area contributed by atoms with Crippen molar-refractivity contribution in [3.63, 3.8) is 0 Å². The van der Waals surface area contributed by atoms with Gasteiger partial charge >= 0.3 is 5.97 Å². The molecule has 1 aliphatic rings. The van der Waals surface area contributed by atoms with Gasteiger partial charge in [-0.2, -0.15) is 0 Å². The molecule has 3 atom stereocenters. The predicted molar refractivity (Wildman–Crippen MR) is 71.4 cm³/mol. The number of aliphatic carboxylic acids is 1. The van der Waals surface area contributed by atoms with Gasteiger partial charge in [0.15, 0.2) is 0 Å².